The van der Waals surface area contributed by atoms with E-state index in [4.69, 9.17) is 0 Å². The molecular weight excluding hydrogens is 254 g/mol. The molecule has 5 heteroatoms. The second-order valence-corrected chi connectivity index (χ2v) is 5.29. The maximum absolute atomic E-state index is 11.7. The lowest BCUT2D eigenvalue weighted by molar-refractivity contribution is -0.446. The normalized spacial score (nSPS) is 19.8. The number of hydrogen-bond donors (Lipinski definition) is 1. The van der Waals surface area contributed by atoms with Crippen LogP contribution in [0.4, 0.5) is 0 Å². The van der Waals surface area contributed by atoms with E-state index in [1.165, 1.54) is 38.3 Å². The van der Waals surface area contributed by atoms with Crippen molar-refractivity contribution in [1.82, 2.24) is 5.32 Å². The molecule has 0 spiro atoms. The fraction of sp³-hybridized carbons (Fsp3) is 0.533. The molecular formula is C15H21N3O2. The number of carbonyl (C=O) groups is 1. The van der Waals surface area contributed by atoms with E-state index in [2.05, 4.69) is 10.4 Å². The number of nitrogens with zero attached hydrogens (tertiary/aromatic N) is 2. The fourth-order valence-electron chi connectivity index (χ4n) is 2.57. The minimum Gasteiger partial charge on any atom is -0.592 e. The minimum absolute atomic E-state index is 0.208. The Balaban J connectivity index is 1.80. The summed E-state index contributed by atoms with van der Waals surface area (Å²) in [6.07, 6.45) is 15.7. The van der Waals surface area contributed by atoms with Crippen molar-refractivity contribution < 1.29 is 9.66 Å². The molecule has 1 saturated carbocycles. The highest BCUT2D eigenvalue weighted by molar-refractivity contribution is 5.66. The Hall–Kier alpha value is -1.91. The molecule has 0 radical (unpaired) electrons. The number of hydrogen-bond acceptors (Lipinski definition) is 4. The number of rotatable bonds is 4. The molecule has 1 heterocycles. The molecule has 1 amide bonds. The van der Waals surface area contributed by atoms with Crippen molar-refractivity contribution in [3.05, 3.63) is 41.5 Å². The third-order valence-electron chi connectivity index (χ3n) is 3.76. The van der Waals surface area contributed by atoms with Crippen LogP contribution in [0.2, 0.25) is 0 Å². The molecule has 0 unspecified atom stereocenters. The number of dihydropyridines is 1. The van der Waals surface area contributed by atoms with Gasteiger partial charge >= 0.3 is 5.91 Å². The average molecular weight is 275 g/mol. The van der Waals surface area contributed by atoms with E-state index in [1.807, 2.05) is 0 Å². The van der Waals surface area contributed by atoms with Crippen LogP contribution < -0.4 is 5.32 Å². The van der Waals surface area contributed by atoms with Gasteiger partial charge in [-0.3, -0.25) is 0 Å². The second kappa shape index (κ2) is 7.62. The Morgan fingerprint density at radius 2 is 2.05 bits per heavy atom. The Kier molecular flexibility index (Phi) is 5.53. The predicted octanol–water partition coefficient (Wildman–Crippen LogP) is 3.35. The molecule has 2 aliphatic rings. The Morgan fingerprint density at radius 1 is 1.35 bits per heavy atom. The number of carbonyl (C=O) groups excluding carboxylic acids is 1. The van der Waals surface area contributed by atoms with Crippen LogP contribution in [0, 0.1) is 11.1 Å². The van der Waals surface area contributed by atoms with Gasteiger partial charge in [-0.2, -0.15) is 0 Å². The van der Waals surface area contributed by atoms with Crippen molar-refractivity contribution in [2.45, 2.75) is 44.9 Å². The Labute approximate surface area is 119 Å². The van der Waals surface area contributed by atoms with Gasteiger partial charge < -0.3 is 10.5 Å². The predicted molar refractivity (Wildman–Crippen MR) is 76.4 cm³/mol. The summed E-state index contributed by atoms with van der Waals surface area (Å²) in [5, 5.41) is 18.1. The highest BCUT2D eigenvalue weighted by atomic mass is 16.5. The maximum Gasteiger partial charge on any atom is 0.423 e. The van der Waals surface area contributed by atoms with E-state index in [1.54, 1.807) is 24.6 Å². The van der Waals surface area contributed by atoms with E-state index >= 15 is 0 Å². The lowest BCUT2D eigenvalue weighted by Gasteiger charge is -2.20. The van der Waals surface area contributed by atoms with Crippen LogP contribution in [-0.2, 0) is 4.79 Å². The fourth-order valence-corrected chi connectivity index (χ4v) is 2.57. The van der Waals surface area contributed by atoms with Crippen LogP contribution in [0.5, 0.6) is 0 Å². The van der Waals surface area contributed by atoms with Gasteiger partial charge in [0.05, 0.1) is 6.42 Å². The monoisotopic (exact) mass is 275 g/mol. The van der Waals surface area contributed by atoms with Gasteiger partial charge in [-0.1, -0.05) is 32.1 Å². The molecule has 5 nitrogen and oxygen atoms in total. The van der Waals surface area contributed by atoms with Gasteiger partial charge in [-0.05, 0) is 29.4 Å². The second-order valence-electron chi connectivity index (χ2n) is 5.29. The first-order chi connectivity index (χ1) is 9.75. The van der Waals surface area contributed by atoms with Gasteiger partial charge in [0.2, 0.25) is 0 Å². The molecule has 0 aromatic heterocycles. The zero-order valence-corrected chi connectivity index (χ0v) is 11.6. The standard InChI is InChI=1S/C15H21N3O2/c19-15(7-6-13-4-2-1-3-5-13)18(20)17-12-14-8-10-16-11-9-14/h8-13,16H,1-7H2. The van der Waals surface area contributed by atoms with Crippen molar-refractivity contribution in [2.24, 2.45) is 11.0 Å². The van der Waals surface area contributed by atoms with Crippen molar-refractivity contribution in [2.75, 3.05) is 0 Å². The SMILES string of the molecule is O=C(CCC1CCCCC1)[N+]([O-])=NC=C1C=CNC=C1. The summed E-state index contributed by atoms with van der Waals surface area (Å²) in [4.78, 5) is 11.9. The molecule has 1 N–H and O–H groups in total. The summed E-state index contributed by atoms with van der Waals surface area (Å²) in [6, 6.07) is 0. The number of allylic oxidation sites excluding steroid dienone is 3. The van der Waals surface area contributed by atoms with E-state index in [0.717, 1.165) is 12.0 Å². The summed E-state index contributed by atoms with van der Waals surface area (Å²) in [5.74, 6) is 0.157. The summed E-state index contributed by atoms with van der Waals surface area (Å²) in [7, 11) is 0. The number of nitrogens with one attached hydrogen (secondary N) is 1. The van der Waals surface area contributed by atoms with Crippen LogP contribution >= 0.6 is 0 Å². The summed E-state index contributed by atoms with van der Waals surface area (Å²) in [5.41, 5.74) is 0.782. The summed E-state index contributed by atoms with van der Waals surface area (Å²) < 4.78 is 0. The summed E-state index contributed by atoms with van der Waals surface area (Å²) in [6.45, 7) is 0. The minimum atomic E-state index is -0.450. The third-order valence-corrected chi connectivity index (χ3v) is 3.76. The van der Waals surface area contributed by atoms with Crippen molar-refractivity contribution in [1.29, 1.82) is 0 Å². The third kappa shape index (κ3) is 4.64. The molecule has 108 valence electrons. The number of azo groups is 1. The van der Waals surface area contributed by atoms with Gasteiger partial charge in [0.1, 0.15) is 6.20 Å². The molecule has 2 rings (SSSR count). The molecule has 0 bridgehead atoms. The van der Waals surface area contributed by atoms with Gasteiger partial charge in [0, 0.05) is 23.1 Å². The van der Waals surface area contributed by atoms with Crippen LogP contribution in [-0.4, -0.2) is 10.8 Å². The number of amides is 1. The van der Waals surface area contributed by atoms with Gasteiger partial charge in [-0.25, -0.2) is 4.79 Å². The van der Waals surface area contributed by atoms with Crippen molar-refractivity contribution in [3.8, 4) is 0 Å². The molecule has 1 aliphatic heterocycles. The molecule has 0 saturated heterocycles. The first kappa shape index (κ1) is 14.5. The maximum atomic E-state index is 11.7. The van der Waals surface area contributed by atoms with Crippen LogP contribution in [0.15, 0.2) is 41.4 Å². The van der Waals surface area contributed by atoms with E-state index in [0.29, 0.717) is 12.3 Å². The van der Waals surface area contributed by atoms with Gasteiger partial charge in [0.15, 0.2) is 0 Å². The van der Waals surface area contributed by atoms with Gasteiger partial charge in [0.25, 0.3) is 0 Å². The molecule has 0 atom stereocenters. The lowest BCUT2D eigenvalue weighted by Crippen LogP contribution is -2.15. The van der Waals surface area contributed by atoms with Crippen LogP contribution in [0.3, 0.4) is 0 Å². The zero-order valence-electron chi connectivity index (χ0n) is 11.6. The molecule has 0 aromatic rings. The Morgan fingerprint density at radius 3 is 2.75 bits per heavy atom. The van der Waals surface area contributed by atoms with Crippen LogP contribution in [0.1, 0.15) is 44.9 Å². The molecule has 20 heavy (non-hydrogen) atoms. The molecule has 1 fully saturated rings. The quantitative estimate of drug-likeness (QED) is 0.486. The molecule has 0 aromatic carbocycles. The van der Waals surface area contributed by atoms with E-state index < -0.39 is 5.91 Å². The van der Waals surface area contributed by atoms with Crippen molar-refractivity contribution >= 4 is 5.91 Å². The first-order valence-corrected chi connectivity index (χ1v) is 7.26. The first-order valence-electron chi connectivity index (χ1n) is 7.26. The highest BCUT2D eigenvalue weighted by Crippen LogP contribution is 2.27. The highest BCUT2D eigenvalue weighted by Gasteiger charge is 2.18. The zero-order chi connectivity index (χ0) is 14.2. The summed E-state index contributed by atoms with van der Waals surface area (Å²) >= 11 is 0. The lowest BCUT2D eigenvalue weighted by atomic mass is 9.86. The number of hydroxylamine groups is 1. The smallest absolute Gasteiger partial charge is 0.423 e. The van der Waals surface area contributed by atoms with E-state index in [-0.39, 0.29) is 4.86 Å². The average Bonchev–Trinajstić information content (AvgIpc) is 2.52. The van der Waals surface area contributed by atoms with Crippen LogP contribution in [0.25, 0.3) is 0 Å². The van der Waals surface area contributed by atoms with E-state index in [9.17, 15) is 10.0 Å². The van der Waals surface area contributed by atoms with Crippen molar-refractivity contribution in [3.63, 3.8) is 0 Å². The Bertz CT molecular complexity index is 444. The topological polar surface area (TPSA) is 67.5 Å². The largest absolute Gasteiger partial charge is 0.592 e. The molecule has 1 aliphatic carbocycles. The van der Waals surface area contributed by atoms with Gasteiger partial charge in [-0.15, -0.1) is 0 Å².